The highest BCUT2D eigenvalue weighted by Gasteiger charge is 2.34. The summed E-state index contributed by atoms with van der Waals surface area (Å²) in [5, 5.41) is 11.6. The number of aromatic nitrogens is 1. The van der Waals surface area contributed by atoms with Gasteiger partial charge in [0.1, 0.15) is 5.82 Å². The Kier molecular flexibility index (Phi) is 6.25. The lowest BCUT2D eigenvalue weighted by Crippen LogP contribution is -2.40. The predicted molar refractivity (Wildman–Crippen MR) is 125 cm³/mol. The van der Waals surface area contributed by atoms with Gasteiger partial charge in [-0.25, -0.2) is 14.2 Å². The fourth-order valence-electron chi connectivity index (χ4n) is 3.81. The molecule has 0 aliphatic carbocycles. The molecular formula is C24H20FN3O5S. The van der Waals surface area contributed by atoms with Crippen molar-refractivity contribution >= 4 is 29.1 Å². The van der Waals surface area contributed by atoms with Gasteiger partial charge in [-0.2, -0.15) is 0 Å². The molecule has 0 spiro atoms. The Hall–Kier alpha value is -3.92. The minimum Gasteiger partial charge on any atom is -0.463 e. The quantitative estimate of drug-likeness (QED) is 0.316. The molecule has 0 N–H and O–H groups in total. The van der Waals surface area contributed by atoms with Crippen LogP contribution in [0.4, 0.5) is 10.1 Å². The first-order valence-corrected chi connectivity index (χ1v) is 11.2. The van der Waals surface area contributed by atoms with Crippen LogP contribution in [0.2, 0.25) is 0 Å². The van der Waals surface area contributed by atoms with Crippen molar-refractivity contribution in [2.75, 3.05) is 6.61 Å². The lowest BCUT2D eigenvalue weighted by molar-refractivity contribution is -0.385. The standard InChI is InChI=1S/C24H20FN3O5S/c1-4-33-23(30)20-14(3)26-24-27(21(20)16-8-5-13(2)18(12-16)28(31)32)22(29)19(34-24)11-15-6-9-17(25)10-7-15/h5-12,21H,4H2,1-3H3/b19-11+/t21-/m1/s1. The van der Waals surface area contributed by atoms with Gasteiger partial charge in [0.05, 0.1) is 33.4 Å². The molecule has 174 valence electrons. The molecule has 0 saturated heterocycles. The van der Waals surface area contributed by atoms with Gasteiger partial charge in [-0.3, -0.25) is 19.5 Å². The summed E-state index contributed by atoms with van der Waals surface area (Å²) < 4.78 is 20.2. The monoisotopic (exact) mass is 481 g/mol. The first kappa shape index (κ1) is 23.2. The molecule has 1 atom stereocenters. The van der Waals surface area contributed by atoms with Crippen molar-refractivity contribution in [3.63, 3.8) is 0 Å². The highest BCUT2D eigenvalue weighted by molar-refractivity contribution is 7.07. The second kappa shape index (κ2) is 9.14. The maximum atomic E-state index is 13.5. The maximum absolute atomic E-state index is 13.5. The van der Waals surface area contributed by atoms with Crippen LogP contribution in [0.25, 0.3) is 6.08 Å². The molecule has 3 aromatic rings. The van der Waals surface area contributed by atoms with Gasteiger partial charge in [-0.1, -0.05) is 35.6 Å². The highest BCUT2D eigenvalue weighted by Crippen LogP contribution is 2.33. The van der Waals surface area contributed by atoms with E-state index in [2.05, 4.69) is 4.99 Å². The number of carbonyl (C=O) groups excluding carboxylic acids is 1. The average Bonchev–Trinajstić information content (AvgIpc) is 3.09. The van der Waals surface area contributed by atoms with Crippen molar-refractivity contribution in [2.24, 2.45) is 4.99 Å². The molecule has 0 saturated carbocycles. The molecule has 1 aliphatic rings. The van der Waals surface area contributed by atoms with E-state index < -0.39 is 28.3 Å². The fraction of sp³-hybridized carbons (Fsp3) is 0.208. The van der Waals surface area contributed by atoms with Crippen LogP contribution in [0.15, 0.2) is 63.5 Å². The number of esters is 1. The molecule has 2 aromatic carbocycles. The Morgan fingerprint density at radius 2 is 1.97 bits per heavy atom. The van der Waals surface area contributed by atoms with Crippen LogP contribution in [0.3, 0.4) is 0 Å². The van der Waals surface area contributed by atoms with Crippen molar-refractivity contribution in [1.82, 2.24) is 4.57 Å². The van der Waals surface area contributed by atoms with E-state index in [1.54, 1.807) is 51.1 Å². The third kappa shape index (κ3) is 4.19. The van der Waals surface area contributed by atoms with Gasteiger partial charge in [-0.05, 0) is 50.1 Å². The van der Waals surface area contributed by atoms with Crippen LogP contribution in [0.1, 0.15) is 36.6 Å². The second-order valence-corrected chi connectivity index (χ2v) is 8.67. The van der Waals surface area contributed by atoms with E-state index in [1.807, 2.05) is 0 Å². The van der Waals surface area contributed by atoms with E-state index in [0.717, 1.165) is 11.3 Å². The normalized spacial score (nSPS) is 15.6. The Morgan fingerprint density at radius 3 is 2.62 bits per heavy atom. The number of nitro benzene ring substituents is 1. The van der Waals surface area contributed by atoms with Gasteiger partial charge in [0, 0.05) is 11.6 Å². The van der Waals surface area contributed by atoms with Crippen LogP contribution < -0.4 is 14.9 Å². The maximum Gasteiger partial charge on any atom is 0.338 e. The third-order valence-corrected chi connectivity index (χ3v) is 6.41. The van der Waals surface area contributed by atoms with Gasteiger partial charge < -0.3 is 4.74 Å². The zero-order valence-electron chi connectivity index (χ0n) is 18.6. The number of fused-ring (bicyclic) bond motifs is 1. The van der Waals surface area contributed by atoms with Gasteiger partial charge >= 0.3 is 5.97 Å². The van der Waals surface area contributed by atoms with Crippen molar-refractivity contribution in [1.29, 1.82) is 0 Å². The number of nitrogens with zero attached hydrogens (tertiary/aromatic N) is 3. The Labute approximate surface area is 197 Å². The van der Waals surface area contributed by atoms with Crippen molar-refractivity contribution in [3.8, 4) is 0 Å². The van der Waals surface area contributed by atoms with E-state index in [0.29, 0.717) is 31.7 Å². The minimum absolute atomic E-state index is 0.116. The summed E-state index contributed by atoms with van der Waals surface area (Å²) in [7, 11) is 0. The lowest BCUT2D eigenvalue weighted by atomic mass is 9.94. The molecule has 0 fully saturated rings. The van der Waals surface area contributed by atoms with E-state index in [-0.39, 0.29) is 17.9 Å². The van der Waals surface area contributed by atoms with E-state index in [9.17, 15) is 24.1 Å². The number of thiazole rings is 1. The Morgan fingerprint density at radius 1 is 1.26 bits per heavy atom. The van der Waals surface area contributed by atoms with Gasteiger partial charge in [0.25, 0.3) is 11.2 Å². The van der Waals surface area contributed by atoms with E-state index in [1.165, 1.54) is 22.8 Å². The number of nitro groups is 1. The zero-order chi connectivity index (χ0) is 24.6. The van der Waals surface area contributed by atoms with Gasteiger partial charge in [0.15, 0.2) is 4.80 Å². The molecule has 4 rings (SSSR count). The molecule has 0 radical (unpaired) electrons. The SMILES string of the molecule is CCOC(=O)C1=C(C)N=c2s/c(=C/c3ccc(F)cc3)c(=O)n2[C@@H]1c1ccc(C)c([N+](=O)[O-])c1. The van der Waals surface area contributed by atoms with E-state index in [4.69, 9.17) is 4.74 Å². The van der Waals surface area contributed by atoms with Gasteiger partial charge in [0.2, 0.25) is 0 Å². The Balaban J connectivity index is 1.98. The number of hydrogen-bond acceptors (Lipinski definition) is 7. The molecule has 1 aliphatic heterocycles. The molecule has 8 nitrogen and oxygen atoms in total. The molecule has 10 heteroatoms. The zero-order valence-corrected chi connectivity index (χ0v) is 19.4. The van der Waals surface area contributed by atoms with Crippen LogP contribution in [-0.2, 0) is 9.53 Å². The molecule has 2 heterocycles. The molecule has 34 heavy (non-hydrogen) atoms. The third-order valence-electron chi connectivity index (χ3n) is 5.43. The second-order valence-electron chi connectivity index (χ2n) is 7.66. The first-order valence-electron chi connectivity index (χ1n) is 10.4. The van der Waals surface area contributed by atoms with Crippen LogP contribution in [0.5, 0.6) is 0 Å². The minimum atomic E-state index is -0.954. The Bertz CT molecular complexity index is 1520. The summed E-state index contributed by atoms with van der Waals surface area (Å²) in [6, 6.07) is 9.33. The number of hydrogen-bond donors (Lipinski definition) is 0. The summed E-state index contributed by atoms with van der Waals surface area (Å²) in [5.74, 6) is -1.04. The predicted octanol–water partition coefficient (Wildman–Crippen LogP) is 3.15. The molecule has 1 aromatic heterocycles. The summed E-state index contributed by atoms with van der Waals surface area (Å²) in [6.45, 7) is 5.03. The lowest BCUT2D eigenvalue weighted by Gasteiger charge is -2.24. The highest BCUT2D eigenvalue weighted by atomic mass is 32.1. The van der Waals surface area contributed by atoms with Crippen LogP contribution in [-0.4, -0.2) is 22.1 Å². The van der Waals surface area contributed by atoms with E-state index >= 15 is 0 Å². The number of halogens is 1. The smallest absolute Gasteiger partial charge is 0.338 e. The summed E-state index contributed by atoms with van der Waals surface area (Å²) in [6.07, 6.45) is 1.61. The fourth-order valence-corrected chi connectivity index (χ4v) is 4.86. The summed E-state index contributed by atoms with van der Waals surface area (Å²) in [5.41, 5.74) is 1.43. The molecule has 0 unspecified atom stereocenters. The number of rotatable bonds is 5. The number of allylic oxidation sites excluding steroid dienone is 1. The number of benzene rings is 2. The van der Waals surface area contributed by atoms with Crippen molar-refractivity contribution < 1.29 is 18.8 Å². The molecule has 0 bridgehead atoms. The first-order chi connectivity index (χ1) is 16.2. The average molecular weight is 482 g/mol. The largest absolute Gasteiger partial charge is 0.463 e. The van der Waals surface area contributed by atoms with Crippen molar-refractivity contribution in [2.45, 2.75) is 26.8 Å². The topological polar surface area (TPSA) is 104 Å². The molecular weight excluding hydrogens is 461 g/mol. The van der Waals surface area contributed by atoms with Gasteiger partial charge in [-0.15, -0.1) is 0 Å². The number of ether oxygens (including phenoxy) is 1. The van der Waals surface area contributed by atoms with Crippen molar-refractivity contribution in [3.05, 3.63) is 106 Å². The van der Waals surface area contributed by atoms with Crippen LogP contribution in [0, 0.1) is 22.9 Å². The molecule has 0 amide bonds. The summed E-state index contributed by atoms with van der Waals surface area (Å²) >= 11 is 1.12. The number of carbonyl (C=O) groups is 1. The summed E-state index contributed by atoms with van der Waals surface area (Å²) in [4.78, 5) is 42.3. The number of aryl methyl sites for hydroxylation is 1. The van der Waals surface area contributed by atoms with Crippen LogP contribution >= 0.6 is 11.3 Å².